The first-order chi connectivity index (χ1) is 9.67. The zero-order valence-corrected chi connectivity index (χ0v) is 11.8. The highest BCUT2D eigenvalue weighted by Gasteiger charge is 1.98. The molecule has 1 atom stereocenters. The molecule has 20 heavy (non-hydrogen) atoms. The first kappa shape index (κ1) is 14.6. The van der Waals surface area contributed by atoms with Gasteiger partial charge in [0.25, 0.3) is 0 Å². The Labute approximate surface area is 123 Å². The summed E-state index contributed by atoms with van der Waals surface area (Å²) in [6.45, 7) is 1.85. The number of halogens is 1. The number of ether oxygens (including phenoxy) is 1. The summed E-state index contributed by atoms with van der Waals surface area (Å²) < 4.78 is 5.75. The summed E-state index contributed by atoms with van der Waals surface area (Å²) in [5.41, 5.74) is 3.16. The fraction of sp³-hybridized carbons (Fsp3) is 0.125. The van der Waals surface area contributed by atoms with Crippen LogP contribution < -0.4 is 10.2 Å². The molecule has 0 unspecified atom stereocenters. The third kappa shape index (κ3) is 4.38. The predicted molar refractivity (Wildman–Crippen MR) is 81.4 cm³/mol. The van der Waals surface area contributed by atoms with Gasteiger partial charge in [-0.25, -0.2) is 0 Å². The van der Waals surface area contributed by atoms with E-state index in [9.17, 15) is 0 Å². The van der Waals surface area contributed by atoms with Crippen LogP contribution in [0.25, 0.3) is 6.08 Å². The van der Waals surface area contributed by atoms with Crippen molar-refractivity contribution in [2.45, 2.75) is 13.0 Å². The van der Waals surface area contributed by atoms with Crippen LogP contribution in [0.3, 0.4) is 0 Å². The van der Waals surface area contributed by atoms with Crippen molar-refractivity contribution < 1.29 is 9.94 Å². The Kier molecular flexibility index (Phi) is 5.18. The molecule has 0 spiro atoms. The average Bonchev–Trinajstić information content (AvgIpc) is 2.47. The fourth-order valence-electron chi connectivity index (χ4n) is 1.62. The molecular weight excluding hydrogens is 274 g/mol. The van der Waals surface area contributed by atoms with Crippen molar-refractivity contribution in [1.82, 2.24) is 5.48 Å². The standard InChI is InChI=1S/C16H16ClNO2/c1-12(18-19)5-6-13-3-2-4-16(11-13)20-15-9-7-14(17)8-10-15/h2-12,18-19H,1H3/t12-/m0/s1. The zero-order valence-electron chi connectivity index (χ0n) is 11.1. The van der Waals surface area contributed by atoms with Gasteiger partial charge in [-0.15, -0.1) is 0 Å². The number of hydrogen-bond acceptors (Lipinski definition) is 3. The number of hydroxylamine groups is 1. The lowest BCUT2D eigenvalue weighted by Crippen LogP contribution is -2.18. The minimum Gasteiger partial charge on any atom is -0.457 e. The Morgan fingerprint density at radius 1 is 1.15 bits per heavy atom. The quantitative estimate of drug-likeness (QED) is 0.796. The van der Waals surface area contributed by atoms with Gasteiger partial charge in [0.05, 0.1) is 0 Å². The molecule has 0 fully saturated rings. The van der Waals surface area contributed by atoms with E-state index in [1.54, 1.807) is 12.1 Å². The maximum absolute atomic E-state index is 8.75. The lowest BCUT2D eigenvalue weighted by molar-refractivity contribution is 0.150. The van der Waals surface area contributed by atoms with E-state index in [0.717, 1.165) is 17.1 Å². The van der Waals surface area contributed by atoms with Gasteiger partial charge in [-0.3, -0.25) is 0 Å². The van der Waals surface area contributed by atoms with Crippen LogP contribution in [-0.4, -0.2) is 11.2 Å². The van der Waals surface area contributed by atoms with Crippen molar-refractivity contribution in [1.29, 1.82) is 0 Å². The van der Waals surface area contributed by atoms with E-state index >= 15 is 0 Å². The largest absolute Gasteiger partial charge is 0.457 e. The number of nitrogens with one attached hydrogen (secondary N) is 1. The highest BCUT2D eigenvalue weighted by Crippen LogP contribution is 2.24. The van der Waals surface area contributed by atoms with Gasteiger partial charge < -0.3 is 9.94 Å². The van der Waals surface area contributed by atoms with Crippen molar-refractivity contribution in [2.24, 2.45) is 0 Å². The van der Waals surface area contributed by atoms with Crippen LogP contribution in [0, 0.1) is 0 Å². The van der Waals surface area contributed by atoms with Gasteiger partial charge in [-0.05, 0) is 48.9 Å². The average molecular weight is 290 g/mol. The van der Waals surface area contributed by atoms with Crippen molar-refractivity contribution in [2.75, 3.05) is 0 Å². The molecule has 2 N–H and O–H groups in total. The van der Waals surface area contributed by atoms with E-state index in [1.165, 1.54) is 0 Å². The second-order valence-corrected chi connectivity index (χ2v) is 4.84. The summed E-state index contributed by atoms with van der Waals surface area (Å²) in [6.07, 6.45) is 3.78. The lowest BCUT2D eigenvalue weighted by atomic mass is 10.2. The van der Waals surface area contributed by atoms with Crippen molar-refractivity contribution in [3.05, 3.63) is 65.2 Å². The van der Waals surface area contributed by atoms with Crippen LogP contribution in [0.2, 0.25) is 5.02 Å². The molecule has 0 aliphatic carbocycles. The van der Waals surface area contributed by atoms with Crippen LogP contribution in [-0.2, 0) is 0 Å². The molecular formula is C16H16ClNO2. The van der Waals surface area contributed by atoms with Crippen molar-refractivity contribution in [3.8, 4) is 11.5 Å². The Balaban J connectivity index is 2.09. The van der Waals surface area contributed by atoms with Gasteiger partial charge in [0.2, 0.25) is 0 Å². The van der Waals surface area contributed by atoms with Crippen LogP contribution in [0.4, 0.5) is 0 Å². The van der Waals surface area contributed by atoms with Gasteiger partial charge in [0, 0.05) is 11.1 Å². The SMILES string of the molecule is C[C@@H](C=Cc1cccc(Oc2ccc(Cl)cc2)c1)NO. The predicted octanol–water partition coefficient (Wildman–Crippen LogP) is 4.51. The summed E-state index contributed by atoms with van der Waals surface area (Å²) in [4.78, 5) is 0. The third-order valence-electron chi connectivity index (χ3n) is 2.69. The van der Waals surface area contributed by atoms with Crippen LogP contribution in [0.5, 0.6) is 11.5 Å². The minimum atomic E-state index is -0.101. The monoisotopic (exact) mass is 289 g/mol. The molecule has 104 valence electrons. The molecule has 2 rings (SSSR count). The van der Waals surface area contributed by atoms with Gasteiger partial charge in [0.1, 0.15) is 11.5 Å². The first-order valence-electron chi connectivity index (χ1n) is 6.28. The molecule has 0 saturated carbocycles. The highest BCUT2D eigenvalue weighted by atomic mass is 35.5. The summed E-state index contributed by atoms with van der Waals surface area (Å²) in [7, 11) is 0. The fourth-order valence-corrected chi connectivity index (χ4v) is 1.74. The van der Waals surface area contributed by atoms with Gasteiger partial charge in [-0.2, -0.15) is 5.48 Å². The summed E-state index contributed by atoms with van der Waals surface area (Å²) >= 11 is 5.83. The van der Waals surface area contributed by atoms with Gasteiger partial charge in [0.15, 0.2) is 0 Å². The van der Waals surface area contributed by atoms with Crippen LogP contribution >= 0.6 is 11.6 Å². The molecule has 0 amide bonds. The van der Waals surface area contributed by atoms with E-state index < -0.39 is 0 Å². The van der Waals surface area contributed by atoms with Crippen molar-refractivity contribution >= 4 is 17.7 Å². The molecule has 4 heteroatoms. The summed E-state index contributed by atoms with van der Waals surface area (Å²) in [5.74, 6) is 1.49. The Bertz CT molecular complexity index is 581. The Morgan fingerprint density at radius 3 is 2.60 bits per heavy atom. The van der Waals surface area contributed by atoms with E-state index in [1.807, 2.05) is 55.5 Å². The Morgan fingerprint density at radius 2 is 1.90 bits per heavy atom. The normalized spacial score (nSPS) is 12.6. The molecule has 0 aliphatic rings. The highest BCUT2D eigenvalue weighted by molar-refractivity contribution is 6.30. The van der Waals surface area contributed by atoms with E-state index in [0.29, 0.717) is 5.02 Å². The zero-order chi connectivity index (χ0) is 14.4. The molecule has 0 bridgehead atoms. The molecule has 0 aromatic heterocycles. The number of rotatable bonds is 5. The second kappa shape index (κ2) is 7.10. The van der Waals surface area contributed by atoms with Crippen LogP contribution in [0.1, 0.15) is 12.5 Å². The van der Waals surface area contributed by atoms with Gasteiger partial charge >= 0.3 is 0 Å². The molecule has 0 radical (unpaired) electrons. The molecule has 0 aliphatic heterocycles. The maximum Gasteiger partial charge on any atom is 0.128 e. The Hall–Kier alpha value is -1.81. The number of benzene rings is 2. The smallest absolute Gasteiger partial charge is 0.128 e. The molecule has 2 aromatic rings. The van der Waals surface area contributed by atoms with E-state index in [4.69, 9.17) is 21.5 Å². The third-order valence-corrected chi connectivity index (χ3v) is 2.94. The first-order valence-corrected chi connectivity index (χ1v) is 6.66. The summed E-state index contributed by atoms with van der Waals surface area (Å²) in [6, 6.07) is 14.8. The topological polar surface area (TPSA) is 41.5 Å². The van der Waals surface area contributed by atoms with Gasteiger partial charge in [-0.1, -0.05) is 35.9 Å². The minimum absolute atomic E-state index is 0.101. The molecule has 0 heterocycles. The van der Waals surface area contributed by atoms with E-state index in [2.05, 4.69) is 5.48 Å². The number of hydrogen-bond donors (Lipinski definition) is 2. The molecule has 0 saturated heterocycles. The lowest BCUT2D eigenvalue weighted by Gasteiger charge is -2.07. The molecule has 2 aromatic carbocycles. The molecule has 3 nitrogen and oxygen atoms in total. The summed E-state index contributed by atoms with van der Waals surface area (Å²) in [5, 5.41) is 9.43. The maximum atomic E-state index is 8.75. The van der Waals surface area contributed by atoms with Crippen LogP contribution in [0.15, 0.2) is 54.6 Å². The van der Waals surface area contributed by atoms with Crippen molar-refractivity contribution in [3.63, 3.8) is 0 Å². The van der Waals surface area contributed by atoms with E-state index in [-0.39, 0.29) is 6.04 Å². The second-order valence-electron chi connectivity index (χ2n) is 4.41.